The normalized spacial score (nSPS) is 17.6. The van der Waals surface area contributed by atoms with E-state index >= 15 is 0 Å². The summed E-state index contributed by atoms with van der Waals surface area (Å²) in [7, 11) is -4.63. The highest BCUT2D eigenvalue weighted by Crippen LogP contribution is 2.37. The van der Waals surface area contributed by atoms with Crippen molar-refractivity contribution in [3.8, 4) is 40.2 Å². The van der Waals surface area contributed by atoms with Crippen molar-refractivity contribution < 1.29 is 51.5 Å². The quantitative estimate of drug-likeness (QED) is 0.0183. The first kappa shape index (κ1) is 60.1. The number of hydrogen-bond donors (Lipinski definition) is 4. The number of ether oxygens (including phenoxy) is 3. The van der Waals surface area contributed by atoms with Crippen molar-refractivity contribution in [1.82, 2.24) is 34.7 Å². The number of aromatic nitrogens is 2. The maximum atomic E-state index is 14.1. The number of nitrogens with one attached hydrogen (secondary N) is 4. The summed E-state index contributed by atoms with van der Waals surface area (Å²) >= 11 is 6.36. The number of nitro benzene ring substituents is 1. The topological polar surface area (TPSA) is 268 Å². The van der Waals surface area contributed by atoms with E-state index in [9.17, 15) is 42.5 Å². The molecule has 7 aromatic rings. The number of carbonyl (C=O) groups is 5. The number of pyridine rings is 1. The molecule has 5 aliphatic rings. The molecule has 0 aliphatic carbocycles. The third-order valence-corrected chi connectivity index (χ3v) is 18.4. The number of piperazine rings is 1. The van der Waals surface area contributed by atoms with E-state index in [1.54, 1.807) is 42.6 Å². The Hall–Kier alpha value is -9.18. The summed E-state index contributed by atoms with van der Waals surface area (Å²) in [6.07, 6.45) is 6.32. The number of aromatic amines is 1. The Balaban J connectivity index is 0.682. The van der Waals surface area contributed by atoms with Crippen LogP contribution in [0.1, 0.15) is 80.7 Å². The maximum Gasteiger partial charge on any atom is 0.293 e. The van der Waals surface area contributed by atoms with Crippen LogP contribution in [0.15, 0.2) is 126 Å². The van der Waals surface area contributed by atoms with Gasteiger partial charge in [0.15, 0.2) is 0 Å². The van der Waals surface area contributed by atoms with E-state index in [1.165, 1.54) is 24.4 Å². The largest absolute Gasteiger partial charge is 0.493 e. The molecule has 24 heteroatoms. The zero-order chi connectivity index (χ0) is 61.8. The molecule has 5 aromatic carbocycles. The highest BCUT2D eigenvalue weighted by Gasteiger charge is 2.45. The van der Waals surface area contributed by atoms with E-state index in [1.807, 2.05) is 42.5 Å². The van der Waals surface area contributed by atoms with E-state index in [0.717, 1.165) is 83.4 Å². The van der Waals surface area contributed by atoms with Crippen molar-refractivity contribution in [2.45, 2.75) is 56.0 Å². The molecule has 2 aromatic heterocycles. The van der Waals surface area contributed by atoms with E-state index < -0.39 is 61.1 Å². The predicted octanol–water partition coefficient (Wildman–Crippen LogP) is 8.41. The SMILES string of the molecule is O=C1CCC(N2C(=O)c3cccc(C#CCCCN4CC(COc5cccc(-c6ccc(Cl)cc6)c5CN5CCN(c6ccc(C(=O)NS(=O)(=O)c7ccc(NCC8CCOCC8)c([N+](=O)[O-])c7)c(Oc7cnc8[nH]ccc8c7)c6)CC5)C4)c3C2=O)C(=O)N1. The van der Waals surface area contributed by atoms with Gasteiger partial charge in [0.2, 0.25) is 11.8 Å². The summed E-state index contributed by atoms with van der Waals surface area (Å²) in [6, 6.07) is 29.8. The maximum absolute atomic E-state index is 14.1. The van der Waals surface area contributed by atoms with Crippen molar-refractivity contribution in [2.24, 2.45) is 11.8 Å². The molecule has 7 heterocycles. The lowest BCUT2D eigenvalue weighted by atomic mass is 9.97. The van der Waals surface area contributed by atoms with Crippen LogP contribution in [0.2, 0.25) is 5.02 Å². The average Bonchev–Trinajstić information content (AvgIpc) is 1.65. The van der Waals surface area contributed by atoms with Gasteiger partial charge in [0, 0.05) is 130 Å². The summed E-state index contributed by atoms with van der Waals surface area (Å²) in [5.41, 5.74) is 4.87. The first-order valence-electron chi connectivity index (χ1n) is 29.6. The Morgan fingerprint density at radius 3 is 2.43 bits per heavy atom. The highest BCUT2D eigenvalue weighted by atomic mass is 35.5. The minimum absolute atomic E-state index is 0.0419. The summed E-state index contributed by atoms with van der Waals surface area (Å²) in [5.74, 6) is 4.75. The van der Waals surface area contributed by atoms with Crippen molar-refractivity contribution in [3.63, 3.8) is 0 Å². The number of hydrogen-bond acceptors (Lipinski definition) is 17. The van der Waals surface area contributed by atoms with Gasteiger partial charge in [0.25, 0.3) is 33.4 Å². The van der Waals surface area contributed by atoms with Crippen LogP contribution in [-0.2, 0) is 30.9 Å². The number of fused-ring (bicyclic) bond motifs is 2. The minimum Gasteiger partial charge on any atom is -0.493 e. The van der Waals surface area contributed by atoms with Gasteiger partial charge in [-0.05, 0) is 116 Å². The van der Waals surface area contributed by atoms with Crippen LogP contribution in [-0.4, -0.2) is 146 Å². The van der Waals surface area contributed by atoms with E-state index in [2.05, 4.69) is 57.9 Å². The monoisotopic (exact) mass is 1240 g/mol. The van der Waals surface area contributed by atoms with Gasteiger partial charge in [-0.1, -0.05) is 53.8 Å². The number of piperidine rings is 1. The predicted molar refractivity (Wildman–Crippen MR) is 331 cm³/mol. The molecule has 12 rings (SSSR count). The summed E-state index contributed by atoms with van der Waals surface area (Å²) in [5, 5.41) is 18.9. The highest BCUT2D eigenvalue weighted by molar-refractivity contribution is 7.90. The molecule has 1 atom stereocenters. The minimum atomic E-state index is -4.63. The first-order valence-corrected chi connectivity index (χ1v) is 31.4. The number of nitro groups is 1. The Labute approximate surface area is 518 Å². The van der Waals surface area contributed by atoms with E-state index in [-0.39, 0.29) is 46.9 Å². The van der Waals surface area contributed by atoms with Crippen LogP contribution >= 0.6 is 11.6 Å². The molecule has 5 aliphatic heterocycles. The Kier molecular flexibility index (Phi) is 17.7. The second-order valence-corrected chi connectivity index (χ2v) is 24.9. The Morgan fingerprint density at radius 2 is 1.64 bits per heavy atom. The number of nitrogens with zero attached hydrogens (tertiary/aromatic N) is 6. The van der Waals surface area contributed by atoms with Crippen LogP contribution in [0.5, 0.6) is 17.2 Å². The van der Waals surface area contributed by atoms with Gasteiger partial charge in [-0.3, -0.25) is 49.2 Å². The third-order valence-electron chi connectivity index (χ3n) is 16.8. The molecule has 89 heavy (non-hydrogen) atoms. The number of likely N-dealkylation sites (tertiary alicyclic amines) is 1. The second kappa shape index (κ2) is 26.3. The summed E-state index contributed by atoms with van der Waals surface area (Å²) < 4.78 is 48.3. The van der Waals surface area contributed by atoms with Crippen molar-refractivity contribution >= 4 is 79.3 Å². The lowest BCUT2D eigenvalue weighted by Gasteiger charge is -2.39. The molecule has 0 spiro atoms. The fourth-order valence-corrected chi connectivity index (χ4v) is 13.1. The van der Waals surface area contributed by atoms with Gasteiger partial charge in [0.1, 0.15) is 34.6 Å². The summed E-state index contributed by atoms with van der Waals surface area (Å²) in [4.78, 5) is 91.7. The third kappa shape index (κ3) is 13.5. The fraction of sp³-hybridized carbons (Fsp3) is 0.323. The molecule has 5 amide bonds. The number of sulfonamides is 1. The number of halogens is 1. The fourth-order valence-electron chi connectivity index (χ4n) is 12.0. The number of H-pyrrole nitrogens is 1. The lowest BCUT2D eigenvalue weighted by Crippen LogP contribution is -2.54. The average molecular weight is 1240 g/mol. The molecule has 0 bridgehead atoms. The van der Waals surface area contributed by atoms with Gasteiger partial charge >= 0.3 is 0 Å². The number of anilines is 2. The zero-order valence-corrected chi connectivity index (χ0v) is 49.9. The molecular formula is C65H63ClN10O12S. The molecule has 0 radical (unpaired) electrons. The molecule has 4 saturated heterocycles. The zero-order valence-electron chi connectivity index (χ0n) is 48.4. The molecule has 0 saturated carbocycles. The number of carbonyl (C=O) groups excluding carboxylic acids is 5. The van der Waals surface area contributed by atoms with Crippen LogP contribution in [0.3, 0.4) is 0 Å². The molecule has 22 nitrogen and oxygen atoms in total. The van der Waals surface area contributed by atoms with Crippen LogP contribution < -0.4 is 29.7 Å². The smallest absolute Gasteiger partial charge is 0.293 e. The van der Waals surface area contributed by atoms with Gasteiger partial charge in [0.05, 0.1) is 39.3 Å². The number of unbranched alkanes of at least 4 members (excludes halogenated alkanes) is 1. The van der Waals surface area contributed by atoms with Gasteiger partial charge in [-0.25, -0.2) is 18.1 Å². The van der Waals surface area contributed by atoms with Crippen molar-refractivity contribution in [1.29, 1.82) is 0 Å². The lowest BCUT2D eigenvalue weighted by molar-refractivity contribution is -0.384. The van der Waals surface area contributed by atoms with Crippen molar-refractivity contribution in [3.05, 3.63) is 165 Å². The second-order valence-electron chi connectivity index (χ2n) is 22.7. The molecule has 4 fully saturated rings. The number of amides is 5. The van der Waals surface area contributed by atoms with E-state index in [0.29, 0.717) is 93.4 Å². The number of benzene rings is 5. The van der Waals surface area contributed by atoms with Crippen molar-refractivity contribution in [2.75, 3.05) is 82.4 Å². The number of rotatable bonds is 20. The number of imide groups is 2. The standard InChI is InChI=1S/C65H63ClN10O12S/c66-46-13-11-43(12-14-46)50-8-5-10-57(87-40-42-37-73(38-42)25-3-1-2-6-44-7-4-9-52-60(44)65(81)75(64(52)80)55-19-20-59(77)70-63(55)79)53(50)39-72-26-28-74(29-27-72)47-15-17-51(58(33-47)88-48-32-45-21-24-67-61(45)69-36-48)62(78)71-89(84,85)49-16-18-54(56(34-49)76(82)83)68-35-41-22-30-86-31-23-41/h4-5,7-18,21,24,32-34,36,41-42,55,68H,1,3,19-20,22-23,25-31,35,37-40H2,(H,67,69)(H,71,78)(H,70,77,79). The molecule has 1 unspecified atom stereocenters. The molecule has 4 N–H and O–H groups in total. The molecular weight excluding hydrogens is 1180 g/mol. The summed E-state index contributed by atoms with van der Waals surface area (Å²) in [6.45, 7) is 7.81. The van der Waals surface area contributed by atoms with Crippen LogP contribution in [0.4, 0.5) is 17.1 Å². The Bertz CT molecular complexity index is 4090. The van der Waals surface area contributed by atoms with Gasteiger partial charge < -0.3 is 34.3 Å². The van der Waals surface area contributed by atoms with Gasteiger partial charge in [-0.2, -0.15) is 0 Å². The molecule has 458 valence electrons. The van der Waals surface area contributed by atoms with Crippen LogP contribution in [0, 0.1) is 33.8 Å². The van der Waals surface area contributed by atoms with Crippen LogP contribution in [0.25, 0.3) is 22.2 Å². The van der Waals surface area contributed by atoms with Gasteiger partial charge in [-0.15, -0.1) is 0 Å². The van der Waals surface area contributed by atoms with E-state index in [4.69, 9.17) is 25.8 Å². The first-order chi connectivity index (χ1) is 43.1. The Morgan fingerprint density at radius 1 is 0.854 bits per heavy atom.